The van der Waals surface area contributed by atoms with Crippen LogP contribution in [0.1, 0.15) is 35.6 Å². The fourth-order valence-corrected chi connectivity index (χ4v) is 1.97. The van der Waals surface area contributed by atoms with Gasteiger partial charge in [0, 0.05) is 23.1 Å². The van der Waals surface area contributed by atoms with Crippen molar-refractivity contribution < 1.29 is 4.79 Å². The van der Waals surface area contributed by atoms with Crippen LogP contribution in [0.4, 0.5) is 5.69 Å². The average Bonchev–Trinajstić information content (AvgIpc) is 2.92. The normalized spacial score (nSPS) is 12.1. The van der Waals surface area contributed by atoms with Crippen molar-refractivity contribution >= 4 is 23.2 Å². The number of halogens is 1. The molecule has 100 valence electrons. The quantitative estimate of drug-likeness (QED) is 0.752. The third kappa shape index (κ3) is 3.06. The molecule has 0 spiro atoms. The Morgan fingerprint density at radius 2 is 2.37 bits per heavy atom. The molecular formula is C13H15ClN4O. The second-order valence-corrected chi connectivity index (χ2v) is 4.58. The van der Waals surface area contributed by atoms with Gasteiger partial charge in [0.2, 0.25) is 0 Å². The highest BCUT2D eigenvalue weighted by molar-refractivity contribution is 6.31. The summed E-state index contributed by atoms with van der Waals surface area (Å²) in [5, 5.41) is 3.36. The molecule has 6 heteroatoms. The maximum Gasteiger partial charge on any atom is 0.254 e. The second-order valence-electron chi connectivity index (χ2n) is 4.14. The monoisotopic (exact) mass is 278 g/mol. The molecule has 4 N–H and O–H groups in total. The summed E-state index contributed by atoms with van der Waals surface area (Å²) in [6.07, 6.45) is 4.09. The lowest BCUT2D eigenvalue weighted by Crippen LogP contribution is -2.29. The third-order valence-corrected chi connectivity index (χ3v) is 3.06. The van der Waals surface area contributed by atoms with Crippen LogP contribution in [-0.2, 0) is 0 Å². The number of amides is 1. The zero-order chi connectivity index (χ0) is 13.8. The Bertz CT molecular complexity index is 568. The summed E-state index contributed by atoms with van der Waals surface area (Å²) >= 11 is 5.88. The van der Waals surface area contributed by atoms with Crippen LogP contribution >= 0.6 is 11.6 Å². The second kappa shape index (κ2) is 5.75. The van der Waals surface area contributed by atoms with Crippen LogP contribution in [0.5, 0.6) is 0 Å². The molecule has 1 heterocycles. The standard InChI is InChI=1S/C13H15ClN4O/c1-2-11(12-16-5-6-17-12)18-13(19)9-7-8(14)3-4-10(9)15/h3-7,11H,2,15H2,1H3,(H,16,17)(H,18,19). The Hall–Kier alpha value is -2.01. The van der Waals surface area contributed by atoms with E-state index in [2.05, 4.69) is 15.3 Å². The van der Waals surface area contributed by atoms with E-state index in [1.807, 2.05) is 6.92 Å². The SMILES string of the molecule is CCC(NC(=O)c1cc(Cl)ccc1N)c1ncc[nH]1. The van der Waals surface area contributed by atoms with Gasteiger partial charge in [0.15, 0.2) is 0 Å². The Balaban J connectivity index is 2.18. The molecule has 1 atom stereocenters. The highest BCUT2D eigenvalue weighted by Gasteiger charge is 2.17. The van der Waals surface area contributed by atoms with Crippen LogP contribution in [0.15, 0.2) is 30.6 Å². The van der Waals surface area contributed by atoms with Crippen molar-refractivity contribution in [3.05, 3.63) is 47.0 Å². The van der Waals surface area contributed by atoms with E-state index in [0.29, 0.717) is 16.3 Å². The summed E-state index contributed by atoms with van der Waals surface area (Å²) < 4.78 is 0. The average molecular weight is 279 g/mol. The lowest BCUT2D eigenvalue weighted by Gasteiger charge is -2.15. The topological polar surface area (TPSA) is 83.8 Å². The molecule has 1 unspecified atom stereocenters. The first-order valence-electron chi connectivity index (χ1n) is 5.97. The summed E-state index contributed by atoms with van der Waals surface area (Å²) in [7, 11) is 0. The number of aromatic amines is 1. The van der Waals surface area contributed by atoms with Crippen LogP contribution in [0, 0.1) is 0 Å². The van der Waals surface area contributed by atoms with Gasteiger partial charge in [-0.3, -0.25) is 4.79 Å². The highest BCUT2D eigenvalue weighted by Crippen LogP contribution is 2.19. The predicted octanol–water partition coefficient (Wildman–Crippen LogP) is 2.53. The zero-order valence-corrected chi connectivity index (χ0v) is 11.2. The van der Waals surface area contributed by atoms with Crippen LogP contribution in [0.3, 0.4) is 0 Å². The number of hydrogen-bond donors (Lipinski definition) is 3. The fourth-order valence-electron chi connectivity index (χ4n) is 1.79. The number of anilines is 1. The van der Waals surface area contributed by atoms with Crippen molar-refractivity contribution in [2.24, 2.45) is 0 Å². The smallest absolute Gasteiger partial charge is 0.254 e. The van der Waals surface area contributed by atoms with E-state index in [4.69, 9.17) is 17.3 Å². The number of H-pyrrole nitrogens is 1. The summed E-state index contributed by atoms with van der Waals surface area (Å²) in [5.41, 5.74) is 6.56. The number of nitrogens with one attached hydrogen (secondary N) is 2. The largest absolute Gasteiger partial charge is 0.398 e. The molecule has 0 fully saturated rings. The number of carbonyl (C=O) groups excluding carboxylic acids is 1. The fraction of sp³-hybridized carbons (Fsp3) is 0.231. The Morgan fingerprint density at radius 1 is 1.58 bits per heavy atom. The molecule has 1 aromatic carbocycles. The van der Waals surface area contributed by atoms with E-state index in [-0.39, 0.29) is 11.9 Å². The van der Waals surface area contributed by atoms with Crippen molar-refractivity contribution in [3.8, 4) is 0 Å². The molecular weight excluding hydrogens is 264 g/mol. The Labute approximate surface area is 116 Å². The van der Waals surface area contributed by atoms with Gasteiger partial charge in [0.25, 0.3) is 5.91 Å². The molecule has 0 saturated heterocycles. The molecule has 0 bridgehead atoms. The molecule has 1 aromatic heterocycles. The van der Waals surface area contributed by atoms with Crippen LogP contribution in [0.25, 0.3) is 0 Å². The molecule has 0 radical (unpaired) electrons. The van der Waals surface area contributed by atoms with Gasteiger partial charge < -0.3 is 16.0 Å². The van der Waals surface area contributed by atoms with Crippen molar-refractivity contribution in [1.82, 2.24) is 15.3 Å². The number of hydrogen-bond acceptors (Lipinski definition) is 3. The van der Waals surface area contributed by atoms with Crippen molar-refractivity contribution in [2.45, 2.75) is 19.4 Å². The van der Waals surface area contributed by atoms with E-state index >= 15 is 0 Å². The summed E-state index contributed by atoms with van der Waals surface area (Å²) in [5.74, 6) is 0.458. The van der Waals surface area contributed by atoms with Gasteiger partial charge in [-0.25, -0.2) is 4.98 Å². The number of carbonyl (C=O) groups is 1. The first kappa shape index (κ1) is 13.4. The third-order valence-electron chi connectivity index (χ3n) is 2.82. The predicted molar refractivity (Wildman–Crippen MR) is 75.0 cm³/mol. The van der Waals surface area contributed by atoms with Gasteiger partial charge in [0.1, 0.15) is 5.82 Å². The zero-order valence-electron chi connectivity index (χ0n) is 10.5. The van der Waals surface area contributed by atoms with Gasteiger partial charge in [-0.05, 0) is 24.6 Å². The minimum absolute atomic E-state index is 0.180. The minimum atomic E-state index is -0.261. The summed E-state index contributed by atoms with van der Waals surface area (Å²) in [4.78, 5) is 19.3. The van der Waals surface area contributed by atoms with Gasteiger partial charge >= 0.3 is 0 Å². The van der Waals surface area contributed by atoms with Crippen LogP contribution < -0.4 is 11.1 Å². The molecule has 1 amide bonds. The van der Waals surface area contributed by atoms with Crippen LogP contribution in [0.2, 0.25) is 5.02 Å². The van der Waals surface area contributed by atoms with Crippen molar-refractivity contribution in [1.29, 1.82) is 0 Å². The minimum Gasteiger partial charge on any atom is -0.398 e. The van der Waals surface area contributed by atoms with E-state index in [1.165, 1.54) is 0 Å². The number of nitrogens with zero attached hydrogens (tertiary/aromatic N) is 1. The Kier molecular flexibility index (Phi) is 4.06. The molecule has 0 saturated carbocycles. The van der Waals surface area contributed by atoms with Crippen molar-refractivity contribution in [2.75, 3.05) is 5.73 Å². The van der Waals surface area contributed by atoms with Gasteiger partial charge in [-0.15, -0.1) is 0 Å². The highest BCUT2D eigenvalue weighted by atomic mass is 35.5. The molecule has 0 aliphatic rings. The first-order valence-corrected chi connectivity index (χ1v) is 6.34. The number of imidazole rings is 1. The lowest BCUT2D eigenvalue weighted by atomic mass is 10.1. The Morgan fingerprint density at radius 3 is 3.00 bits per heavy atom. The number of nitrogens with two attached hydrogens (primary N) is 1. The molecule has 0 aliphatic carbocycles. The van der Waals surface area contributed by atoms with E-state index < -0.39 is 0 Å². The molecule has 19 heavy (non-hydrogen) atoms. The van der Waals surface area contributed by atoms with Crippen molar-refractivity contribution in [3.63, 3.8) is 0 Å². The maximum atomic E-state index is 12.2. The van der Waals surface area contributed by atoms with E-state index in [1.54, 1.807) is 30.6 Å². The van der Waals surface area contributed by atoms with Gasteiger partial charge in [-0.2, -0.15) is 0 Å². The molecule has 0 aliphatic heterocycles. The number of benzene rings is 1. The molecule has 5 nitrogen and oxygen atoms in total. The molecule has 2 aromatic rings. The summed E-state index contributed by atoms with van der Waals surface area (Å²) in [6.45, 7) is 1.97. The number of aromatic nitrogens is 2. The summed E-state index contributed by atoms with van der Waals surface area (Å²) in [6, 6.07) is 4.64. The first-order chi connectivity index (χ1) is 9.11. The van der Waals surface area contributed by atoms with E-state index in [0.717, 1.165) is 12.2 Å². The lowest BCUT2D eigenvalue weighted by molar-refractivity contribution is 0.0935. The molecule has 2 rings (SSSR count). The maximum absolute atomic E-state index is 12.2. The van der Waals surface area contributed by atoms with Crippen LogP contribution in [-0.4, -0.2) is 15.9 Å². The van der Waals surface area contributed by atoms with Gasteiger partial charge in [0.05, 0.1) is 11.6 Å². The number of nitrogen functional groups attached to an aromatic ring is 1. The van der Waals surface area contributed by atoms with E-state index in [9.17, 15) is 4.79 Å². The van der Waals surface area contributed by atoms with Gasteiger partial charge in [-0.1, -0.05) is 18.5 Å². The number of rotatable bonds is 4.